The molecule has 0 aliphatic rings. The maximum atomic E-state index is 12.3. The third-order valence-electron chi connectivity index (χ3n) is 4.66. The Hall–Kier alpha value is -2.92. The molecule has 1 aromatic heterocycles. The van der Waals surface area contributed by atoms with Crippen LogP contribution >= 0.6 is 11.6 Å². The smallest absolute Gasteiger partial charge is 0.267 e. The molecule has 2 aromatic carbocycles. The molecule has 0 unspecified atom stereocenters. The first-order valence-corrected chi connectivity index (χ1v) is 9.84. The van der Waals surface area contributed by atoms with Crippen molar-refractivity contribution in [1.82, 2.24) is 15.2 Å². The molecule has 0 aliphatic carbocycles. The number of hydrazone groups is 1. The number of aryl methyl sites for hydroxylation is 1. The van der Waals surface area contributed by atoms with Gasteiger partial charge in [0.05, 0.1) is 24.0 Å². The molecule has 0 fully saturated rings. The molecule has 1 heterocycles. The number of hydrogen-bond acceptors (Lipinski definition) is 3. The zero-order valence-electron chi connectivity index (χ0n) is 17.1. The first kappa shape index (κ1) is 20.8. The van der Waals surface area contributed by atoms with Crippen LogP contribution in [0.25, 0.3) is 0 Å². The Labute approximate surface area is 176 Å². The van der Waals surface area contributed by atoms with Crippen LogP contribution in [-0.4, -0.2) is 21.9 Å². The molecule has 3 aromatic rings. The lowest BCUT2D eigenvalue weighted by Crippen LogP contribution is -2.18. The van der Waals surface area contributed by atoms with Gasteiger partial charge in [0.15, 0.2) is 0 Å². The van der Waals surface area contributed by atoms with E-state index < -0.39 is 0 Å². The van der Waals surface area contributed by atoms with Crippen molar-refractivity contribution in [2.75, 3.05) is 0 Å². The third-order valence-corrected chi connectivity index (χ3v) is 5.06. The predicted octanol–water partition coefficient (Wildman–Crippen LogP) is 4.95. The molecule has 0 saturated heterocycles. The van der Waals surface area contributed by atoms with Crippen LogP contribution < -0.4 is 5.43 Å². The molecule has 0 radical (unpaired) electrons. The normalized spacial score (nSPS) is 11.8. The van der Waals surface area contributed by atoms with Gasteiger partial charge < -0.3 is 0 Å². The van der Waals surface area contributed by atoms with Gasteiger partial charge >= 0.3 is 0 Å². The highest BCUT2D eigenvalue weighted by Gasteiger charge is 2.15. The highest BCUT2D eigenvalue weighted by molar-refractivity contribution is 6.32. The van der Waals surface area contributed by atoms with E-state index in [0.29, 0.717) is 22.8 Å². The van der Waals surface area contributed by atoms with Crippen molar-refractivity contribution in [2.24, 2.45) is 5.10 Å². The molecule has 1 amide bonds. The number of aromatic nitrogens is 2. The number of hydrogen-bond donors (Lipinski definition) is 1. The predicted molar refractivity (Wildman–Crippen MR) is 118 cm³/mol. The minimum Gasteiger partial charge on any atom is -0.267 e. The molecule has 0 bridgehead atoms. The van der Waals surface area contributed by atoms with E-state index in [4.69, 9.17) is 11.6 Å². The molecule has 1 N–H and O–H groups in total. The van der Waals surface area contributed by atoms with Gasteiger partial charge in [-0.05, 0) is 35.6 Å². The van der Waals surface area contributed by atoms with Gasteiger partial charge in [0.25, 0.3) is 5.91 Å². The van der Waals surface area contributed by atoms with Crippen molar-refractivity contribution in [3.63, 3.8) is 0 Å². The standard InChI is InChI=1S/C23H25ClN4O/c1-16-20(21(24)28(27-16)15-17-8-6-5-7-9-17)14-25-26-22(29)18-10-12-19(13-11-18)23(2,3)4/h5-14H,15H2,1-4H3,(H,26,29). The summed E-state index contributed by atoms with van der Waals surface area (Å²) in [5.74, 6) is -0.271. The van der Waals surface area contributed by atoms with Crippen molar-refractivity contribution in [1.29, 1.82) is 0 Å². The number of halogens is 1. The number of nitrogens with one attached hydrogen (secondary N) is 1. The summed E-state index contributed by atoms with van der Waals surface area (Å²) in [6.07, 6.45) is 1.54. The van der Waals surface area contributed by atoms with Crippen molar-refractivity contribution in [3.05, 3.63) is 87.7 Å². The zero-order chi connectivity index (χ0) is 21.0. The largest absolute Gasteiger partial charge is 0.271 e. The highest BCUT2D eigenvalue weighted by Crippen LogP contribution is 2.22. The SMILES string of the molecule is Cc1nn(Cc2ccccc2)c(Cl)c1C=NNC(=O)c1ccc(C(C)(C)C)cc1. The second-order valence-corrected chi connectivity index (χ2v) is 8.32. The average molecular weight is 409 g/mol. The Kier molecular flexibility index (Phi) is 6.18. The van der Waals surface area contributed by atoms with Crippen LogP contribution in [0.2, 0.25) is 5.15 Å². The fourth-order valence-electron chi connectivity index (χ4n) is 2.92. The van der Waals surface area contributed by atoms with E-state index in [1.807, 2.05) is 61.5 Å². The number of rotatable bonds is 5. The van der Waals surface area contributed by atoms with Gasteiger partial charge in [-0.1, -0.05) is 74.8 Å². The lowest BCUT2D eigenvalue weighted by atomic mass is 9.87. The Morgan fingerprint density at radius 2 is 1.79 bits per heavy atom. The van der Waals surface area contributed by atoms with Crippen molar-refractivity contribution >= 4 is 23.7 Å². The fraction of sp³-hybridized carbons (Fsp3) is 0.261. The topological polar surface area (TPSA) is 59.3 Å². The second-order valence-electron chi connectivity index (χ2n) is 7.96. The van der Waals surface area contributed by atoms with Gasteiger partial charge in [0.2, 0.25) is 0 Å². The van der Waals surface area contributed by atoms with E-state index in [2.05, 4.69) is 36.4 Å². The molecule has 3 rings (SSSR count). The summed E-state index contributed by atoms with van der Waals surface area (Å²) in [5.41, 5.74) is 6.86. The van der Waals surface area contributed by atoms with Gasteiger partial charge in [0, 0.05) is 5.56 Å². The minimum atomic E-state index is -0.271. The van der Waals surface area contributed by atoms with Crippen LogP contribution in [0.4, 0.5) is 0 Å². The summed E-state index contributed by atoms with van der Waals surface area (Å²) in [6.45, 7) is 8.84. The number of nitrogens with zero attached hydrogens (tertiary/aromatic N) is 3. The Morgan fingerprint density at radius 1 is 1.14 bits per heavy atom. The van der Waals surface area contributed by atoms with Gasteiger partial charge in [-0.3, -0.25) is 4.79 Å². The maximum absolute atomic E-state index is 12.3. The number of carbonyl (C=O) groups is 1. The van der Waals surface area contributed by atoms with E-state index in [1.165, 1.54) is 11.8 Å². The lowest BCUT2D eigenvalue weighted by molar-refractivity contribution is 0.0955. The summed E-state index contributed by atoms with van der Waals surface area (Å²) < 4.78 is 1.72. The molecule has 0 saturated carbocycles. The van der Waals surface area contributed by atoms with Crippen LogP contribution in [-0.2, 0) is 12.0 Å². The summed E-state index contributed by atoms with van der Waals surface area (Å²) >= 11 is 6.47. The molecule has 150 valence electrons. The monoisotopic (exact) mass is 408 g/mol. The van der Waals surface area contributed by atoms with Crippen LogP contribution in [0.3, 0.4) is 0 Å². The summed E-state index contributed by atoms with van der Waals surface area (Å²) in [5, 5.41) is 9.03. The van der Waals surface area contributed by atoms with Gasteiger partial charge in [0.1, 0.15) is 5.15 Å². The average Bonchev–Trinajstić information content (AvgIpc) is 2.95. The third kappa shape index (κ3) is 5.12. The lowest BCUT2D eigenvalue weighted by Gasteiger charge is -2.18. The Bertz CT molecular complexity index is 1020. The molecule has 0 spiro atoms. The van der Waals surface area contributed by atoms with Gasteiger partial charge in [-0.25, -0.2) is 10.1 Å². The number of carbonyl (C=O) groups excluding carboxylic acids is 1. The number of benzene rings is 2. The molecule has 5 nitrogen and oxygen atoms in total. The highest BCUT2D eigenvalue weighted by atomic mass is 35.5. The van der Waals surface area contributed by atoms with Crippen LogP contribution in [0.5, 0.6) is 0 Å². The summed E-state index contributed by atoms with van der Waals surface area (Å²) in [4.78, 5) is 12.3. The Morgan fingerprint density at radius 3 is 2.41 bits per heavy atom. The first-order valence-electron chi connectivity index (χ1n) is 9.46. The Balaban J connectivity index is 1.68. The van der Waals surface area contributed by atoms with Gasteiger partial charge in [-0.15, -0.1) is 0 Å². The van der Waals surface area contributed by atoms with E-state index >= 15 is 0 Å². The first-order chi connectivity index (χ1) is 13.8. The van der Waals surface area contributed by atoms with E-state index in [-0.39, 0.29) is 11.3 Å². The van der Waals surface area contributed by atoms with Crippen molar-refractivity contribution in [3.8, 4) is 0 Å². The van der Waals surface area contributed by atoms with Crippen molar-refractivity contribution in [2.45, 2.75) is 39.7 Å². The van der Waals surface area contributed by atoms with Crippen LogP contribution in [0, 0.1) is 6.92 Å². The summed E-state index contributed by atoms with van der Waals surface area (Å²) in [6, 6.07) is 17.5. The van der Waals surface area contributed by atoms with Crippen LogP contribution in [0.1, 0.15) is 53.5 Å². The number of amides is 1. The van der Waals surface area contributed by atoms with Crippen LogP contribution in [0.15, 0.2) is 59.7 Å². The molecule has 0 aliphatic heterocycles. The molecule has 29 heavy (non-hydrogen) atoms. The van der Waals surface area contributed by atoms with Gasteiger partial charge in [-0.2, -0.15) is 10.2 Å². The molecule has 0 atom stereocenters. The molecule has 6 heteroatoms. The zero-order valence-corrected chi connectivity index (χ0v) is 17.9. The summed E-state index contributed by atoms with van der Waals surface area (Å²) in [7, 11) is 0. The van der Waals surface area contributed by atoms with E-state index in [0.717, 1.165) is 11.3 Å². The fourth-order valence-corrected chi connectivity index (χ4v) is 3.20. The van der Waals surface area contributed by atoms with Crippen molar-refractivity contribution < 1.29 is 4.79 Å². The molecular formula is C23H25ClN4O. The molecular weight excluding hydrogens is 384 g/mol. The second kappa shape index (κ2) is 8.62. The van der Waals surface area contributed by atoms with E-state index in [1.54, 1.807) is 4.68 Å². The van der Waals surface area contributed by atoms with E-state index in [9.17, 15) is 4.79 Å². The minimum absolute atomic E-state index is 0.0430. The quantitative estimate of drug-likeness (QED) is 0.479. The maximum Gasteiger partial charge on any atom is 0.271 e.